The molecule has 2 rings (SSSR count). The molecule has 1 unspecified atom stereocenters. The van der Waals surface area contributed by atoms with E-state index in [1.807, 2.05) is 0 Å². The molecule has 0 saturated carbocycles. The van der Waals surface area contributed by atoms with Crippen LogP contribution in [0, 0.1) is 6.92 Å². The highest BCUT2D eigenvalue weighted by Crippen LogP contribution is 2.24. The normalized spacial score (nSPS) is 18.5. The molecular weight excluding hydrogens is 285 g/mol. The number of nitrogens with one attached hydrogen (secondary N) is 3. The van der Waals surface area contributed by atoms with Gasteiger partial charge >= 0.3 is 6.18 Å². The minimum atomic E-state index is -4.36. The largest absolute Gasteiger partial charge is 0.405 e. The van der Waals surface area contributed by atoms with Crippen LogP contribution in [0.2, 0.25) is 0 Å². The van der Waals surface area contributed by atoms with E-state index < -0.39 is 24.7 Å². The molecule has 0 aliphatic carbocycles. The standard InChI is InChI=1S/C13H19F3N4O/c1-9-6-18-7-10(9)12(21)19-8-11(13(14,15)16)20-4-2-17-3-5-20/h6-7,11,17-18H,2-5,8H2,1H3,(H,19,21). The maximum Gasteiger partial charge on any atom is 0.405 e. The lowest BCUT2D eigenvalue weighted by Crippen LogP contribution is -2.57. The molecule has 1 aliphatic rings. The molecule has 1 fully saturated rings. The van der Waals surface area contributed by atoms with Gasteiger partial charge in [0.2, 0.25) is 0 Å². The fourth-order valence-electron chi connectivity index (χ4n) is 2.42. The fourth-order valence-corrected chi connectivity index (χ4v) is 2.42. The SMILES string of the molecule is Cc1c[nH]cc1C(=O)NCC(N1CCNCC1)C(F)(F)F. The van der Waals surface area contributed by atoms with Gasteiger partial charge in [0.1, 0.15) is 6.04 Å². The first-order valence-corrected chi connectivity index (χ1v) is 6.82. The molecule has 1 aliphatic heterocycles. The summed E-state index contributed by atoms with van der Waals surface area (Å²) in [5, 5.41) is 5.40. The zero-order valence-electron chi connectivity index (χ0n) is 11.8. The Balaban J connectivity index is 1.99. The Morgan fingerprint density at radius 2 is 2.05 bits per heavy atom. The van der Waals surface area contributed by atoms with Gasteiger partial charge in [-0.25, -0.2) is 0 Å². The number of nitrogens with zero attached hydrogens (tertiary/aromatic N) is 1. The molecule has 8 heteroatoms. The highest BCUT2D eigenvalue weighted by molar-refractivity contribution is 5.95. The number of halogens is 3. The molecule has 1 atom stereocenters. The first-order chi connectivity index (χ1) is 9.89. The van der Waals surface area contributed by atoms with E-state index in [0.717, 1.165) is 0 Å². The zero-order valence-corrected chi connectivity index (χ0v) is 11.8. The number of aromatic amines is 1. The predicted molar refractivity (Wildman–Crippen MR) is 72.1 cm³/mol. The van der Waals surface area contributed by atoms with Crippen molar-refractivity contribution < 1.29 is 18.0 Å². The molecular formula is C13H19F3N4O. The van der Waals surface area contributed by atoms with Gasteiger partial charge in [-0.15, -0.1) is 0 Å². The third-order valence-corrected chi connectivity index (χ3v) is 3.62. The minimum Gasteiger partial charge on any atom is -0.367 e. The lowest BCUT2D eigenvalue weighted by molar-refractivity contribution is -0.183. The lowest BCUT2D eigenvalue weighted by atomic mass is 10.1. The number of carbonyl (C=O) groups excluding carboxylic acids is 1. The Kier molecular flexibility index (Phi) is 4.89. The van der Waals surface area contributed by atoms with Crippen molar-refractivity contribution in [3.05, 3.63) is 23.5 Å². The van der Waals surface area contributed by atoms with Crippen molar-refractivity contribution in [2.24, 2.45) is 0 Å². The number of hydrogen-bond donors (Lipinski definition) is 3. The van der Waals surface area contributed by atoms with Crippen molar-refractivity contribution in [2.75, 3.05) is 32.7 Å². The van der Waals surface area contributed by atoms with Gasteiger partial charge in [0, 0.05) is 45.1 Å². The van der Waals surface area contributed by atoms with Crippen molar-refractivity contribution in [2.45, 2.75) is 19.1 Å². The predicted octanol–water partition coefficient (Wildman–Crippen LogP) is 0.889. The lowest BCUT2D eigenvalue weighted by Gasteiger charge is -2.35. The molecule has 1 aromatic heterocycles. The number of carbonyl (C=O) groups is 1. The van der Waals surface area contributed by atoms with Crippen LogP contribution in [0.1, 0.15) is 15.9 Å². The molecule has 2 heterocycles. The summed E-state index contributed by atoms with van der Waals surface area (Å²) in [4.78, 5) is 16.0. The van der Waals surface area contributed by atoms with E-state index in [4.69, 9.17) is 0 Å². The van der Waals surface area contributed by atoms with Gasteiger partial charge in [0.15, 0.2) is 0 Å². The van der Waals surface area contributed by atoms with Crippen LogP contribution < -0.4 is 10.6 Å². The molecule has 1 saturated heterocycles. The fraction of sp³-hybridized carbons (Fsp3) is 0.615. The van der Waals surface area contributed by atoms with E-state index >= 15 is 0 Å². The van der Waals surface area contributed by atoms with E-state index in [9.17, 15) is 18.0 Å². The molecule has 3 N–H and O–H groups in total. The van der Waals surface area contributed by atoms with Crippen LogP contribution >= 0.6 is 0 Å². The van der Waals surface area contributed by atoms with E-state index in [1.165, 1.54) is 11.1 Å². The molecule has 1 aromatic rings. The first-order valence-electron chi connectivity index (χ1n) is 6.82. The summed E-state index contributed by atoms with van der Waals surface area (Å²) in [5.74, 6) is -0.488. The van der Waals surface area contributed by atoms with Crippen molar-refractivity contribution in [1.29, 1.82) is 0 Å². The van der Waals surface area contributed by atoms with Gasteiger partial charge in [-0.1, -0.05) is 0 Å². The Morgan fingerprint density at radius 1 is 1.38 bits per heavy atom. The molecule has 5 nitrogen and oxygen atoms in total. The quantitative estimate of drug-likeness (QED) is 0.774. The summed E-state index contributed by atoms with van der Waals surface area (Å²) < 4.78 is 39.5. The van der Waals surface area contributed by atoms with Gasteiger partial charge < -0.3 is 15.6 Å². The van der Waals surface area contributed by atoms with Crippen LogP contribution in [-0.4, -0.2) is 60.7 Å². The summed E-state index contributed by atoms with van der Waals surface area (Å²) in [7, 11) is 0. The Morgan fingerprint density at radius 3 is 2.57 bits per heavy atom. The number of amides is 1. The van der Waals surface area contributed by atoms with Crippen LogP contribution in [0.4, 0.5) is 13.2 Å². The van der Waals surface area contributed by atoms with Crippen molar-refractivity contribution >= 4 is 5.91 Å². The second-order valence-electron chi connectivity index (χ2n) is 5.11. The molecule has 118 valence electrons. The highest BCUT2D eigenvalue weighted by Gasteiger charge is 2.43. The average molecular weight is 304 g/mol. The summed E-state index contributed by atoms with van der Waals surface area (Å²) in [5.41, 5.74) is 1.08. The topological polar surface area (TPSA) is 60.2 Å². The summed E-state index contributed by atoms with van der Waals surface area (Å²) in [6, 6.07) is -1.65. The van der Waals surface area contributed by atoms with Crippen molar-refractivity contribution in [3.63, 3.8) is 0 Å². The third-order valence-electron chi connectivity index (χ3n) is 3.62. The first kappa shape index (κ1) is 15.8. The Hall–Kier alpha value is -1.54. The maximum atomic E-state index is 13.2. The van der Waals surface area contributed by atoms with Crippen LogP contribution in [-0.2, 0) is 0 Å². The summed E-state index contributed by atoms with van der Waals surface area (Å²) in [6.45, 7) is 2.98. The van der Waals surface area contributed by atoms with Gasteiger partial charge in [0.25, 0.3) is 5.91 Å². The van der Waals surface area contributed by atoms with E-state index in [2.05, 4.69) is 15.6 Å². The number of aromatic nitrogens is 1. The number of piperazine rings is 1. The van der Waals surface area contributed by atoms with Gasteiger partial charge in [-0.3, -0.25) is 9.69 Å². The molecule has 0 aromatic carbocycles. The summed E-state index contributed by atoms with van der Waals surface area (Å²) in [6.07, 6.45) is -1.25. The zero-order chi connectivity index (χ0) is 15.5. The molecule has 0 bridgehead atoms. The highest BCUT2D eigenvalue weighted by atomic mass is 19.4. The number of H-pyrrole nitrogens is 1. The number of aryl methyl sites for hydroxylation is 1. The van der Waals surface area contributed by atoms with Crippen LogP contribution in [0.25, 0.3) is 0 Å². The van der Waals surface area contributed by atoms with Crippen molar-refractivity contribution in [1.82, 2.24) is 20.5 Å². The molecule has 0 radical (unpaired) electrons. The van der Waals surface area contributed by atoms with Gasteiger partial charge in [0.05, 0.1) is 5.56 Å². The maximum absolute atomic E-state index is 13.2. The van der Waals surface area contributed by atoms with E-state index in [-0.39, 0.29) is 0 Å². The van der Waals surface area contributed by atoms with E-state index in [0.29, 0.717) is 37.3 Å². The Bertz CT molecular complexity index is 480. The van der Waals surface area contributed by atoms with Crippen molar-refractivity contribution in [3.8, 4) is 0 Å². The second-order valence-corrected chi connectivity index (χ2v) is 5.11. The summed E-state index contributed by atoms with van der Waals surface area (Å²) >= 11 is 0. The number of alkyl halides is 3. The van der Waals surface area contributed by atoms with Crippen LogP contribution in [0.5, 0.6) is 0 Å². The third kappa shape index (κ3) is 3.98. The monoisotopic (exact) mass is 304 g/mol. The van der Waals surface area contributed by atoms with Gasteiger partial charge in [-0.2, -0.15) is 13.2 Å². The molecule has 21 heavy (non-hydrogen) atoms. The van der Waals surface area contributed by atoms with Gasteiger partial charge in [-0.05, 0) is 12.5 Å². The second kappa shape index (κ2) is 6.48. The Labute approximate surface area is 120 Å². The smallest absolute Gasteiger partial charge is 0.367 e. The van der Waals surface area contributed by atoms with E-state index in [1.54, 1.807) is 13.1 Å². The van der Waals surface area contributed by atoms with Crippen LogP contribution in [0.15, 0.2) is 12.4 Å². The average Bonchev–Trinajstić information content (AvgIpc) is 2.85. The number of rotatable bonds is 4. The molecule has 0 spiro atoms. The van der Waals surface area contributed by atoms with Crippen LogP contribution in [0.3, 0.4) is 0 Å². The minimum absolute atomic E-state index is 0.323. The number of hydrogen-bond acceptors (Lipinski definition) is 3. The molecule has 1 amide bonds.